The van der Waals surface area contributed by atoms with Gasteiger partial charge in [0.2, 0.25) is 0 Å². The molecule has 0 atom stereocenters. The molecule has 0 aromatic carbocycles. The molecular weight excluding hydrogens is 352 g/mol. The lowest BCUT2D eigenvalue weighted by molar-refractivity contribution is -0.139. The lowest BCUT2D eigenvalue weighted by atomic mass is 10.1. The van der Waals surface area contributed by atoms with Crippen molar-refractivity contribution in [1.29, 1.82) is 0 Å². The highest BCUT2D eigenvalue weighted by Crippen LogP contribution is 2.08. The summed E-state index contributed by atoms with van der Waals surface area (Å²) in [4.78, 5) is 21.4. The number of carboxylic acid groups (broad SMARTS) is 1. The Morgan fingerprint density at radius 1 is 0.821 bits per heavy atom. The highest BCUT2D eigenvalue weighted by atomic mass is 16.5. The van der Waals surface area contributed by atoms with Crippen LogP contribution in [0.5, 0.6) is 0 Å². The third kappa shape index (κ3) is 22.5. The zero-order valence-corrected chi connectivity index (χ0v) is 18.9. The molecular formula is C24H44O4. The van der Waals surface area contributed by atoms with Crippen molar-refractivity contribution in [3.8, 4) is 0 Å². The molecule has 0 heterocycles. The molecule has 28 heavy (non-hydrogen) atoms. The molecule has 0 saturated heterocycles. The quantitative estimate of drug-likeness (QED) is 0.170. The van der Waals surface area contributed by atoms with Crippen LogP contribution in [0.3, 0.4) is 0 Å². The van der Waals surface area contributed by atoms with E-state index in [1.807, 2.05) is 6.08 Å². The number of rotatable bonds is 16. The highest BCUT2D eigenvalue weighted by Gasteiger charge is 2.01. The summed E-state index contributed by atoms with van der Waals surface area (Å²) in [5.41, 5.74) is 0.953. The molecule has 1 N–H and O–H groups in total. The second-order valence-corrected chi connectivity index (χ2v) is 7.43. The molecule has 0 aromatic rings. The average molecular weight is 397 g/mol. The average Bonchev–Trinajstić information content (AvgIpc) is 2.66. The summed E-state index contributed by atoms with van der Waals surface area (Å²) in [5.74, 6) is -1.06. The number of hydrogen-bond donors (Lipinski definition) is 1. The monoisotopic (exact) mass is 396 g/mol. The zero-order valence-electron chi connectivity index (χ0n) is 18.9. The van der Waals surface area contributed by atoms with Gasteiger partial charge in [-0.15, -0.1) is 0 Å². The summed E-state index contributed by atoms with van der Waals surface area (Å²) in [5, 5.41) is 8.59. The topological polar surface area (TPSA) is 63.6 Å². The first-order chi connectivity index (χ1) is 13.4. The lowest BCUT2D eigenvalue weighted by Gasteiger charge is -2.03. The molecule has 0 rings (SSSR count). The van der Waals surface area contributed by atoms with Crippen LogP contribution < -0.4 is 0 Å². The van der Waals surface area contributed by atoms with Gasteiger partial charge in [-0.05, 0) is 33.1 Å². The molecule has 0 unspecified atom stereocenters. The van der Waals surface area contributed by atoms with Gasteiger partial charge in [0.1, 0.15) is 0 Å². The number of esters is 1. The normalized spacial score (nSPS) is 10.8. The molecule has 0 spiro atoms. The maximum Gasteiger partial charge on any atom is 0.333 e. The van der Waals surface area contributed by atoms with E-state index in [4.69, 9.17) is 9.84 Å². The van der Waals surface area contributed by atoms with Crippen LogP contribution in [-0.4, -0.2) is 23.7 Å². The van der Waals surface area contributed by atoms with Crippen molar-refractivity contribution in [3.63, 3.8) is 0 Å². The Morgan fingerprint density at radius 3 is 1.75 bits per heavy atom. The number of hydrogen-bond acceptors (Lipinski definition) is 3. The van der Waals surface area contributed by atoms with E-state index in [1.54, 1.807) is 13.8 Å². The van der Waals surface area contributed by atoms with Crippen LogP contribution >= 0.6 is 0 Å². The van der Waals surface area contributed by atoms with Crippen molar-refractivity contribution in [2.24, 2.45) is 0 Å². The second kappa shape index (κ2) is 21.7. The number of ether oxygens (including phenoxy) is 1. The summed E-state index contributed by atoms with van der Waals surface area (Å²) < 4.78 is 4.97. The summed E-state index contributed by atoms with van der Waals surface area (Å²) in [6.07, 6.45) is 17.5. The highest BCUT2D eigenvalue weighted by molar-refractivity contribution is 5.86. The molecule has 0 aliphatic heterocycles. The third-order valence-electron chi connectivity index (χ3n) is 4.43. The maximum atomic E-state index is 11.0. The maximum absolute atomic E-state index is 11.0. The largest absolute Gasteiger partial charge is 0.478 e. The minimum Gasteiger partial charge on any atom is -0.478 e. The Hall–Kier alpha value is -1.58. The van der Waals surface area contributed by atoms with Crippen LogP contribution in [0, 0.1) is 0 Å². The van der Waals surface area contributed by atoms with Crippen LogP contribution in [0.25, 0.3) is 0 Å². The summed E-state index contributed by atoms with van der Waals surface area (Å²) >= 11 is 0. The Bertz CT molecular complexity index is 438. The molecule has 4 nitrogen and oxygen atoms in total. The summed E-state index contributed by atoms with van der Waals surface area (Å²) in [7, 11) is 0. The zero-order chi connectivity index (χ0) is 21.6. The van der Waals surface area contributed by atoms with E-state index >= 15 is 0 Å². The van der Waals surface area contributed by atoms with Crippen LogP contribution in [0.2, 0.25) is 0 Å². The molecule has 0 radical (unpaired) electrons. The number of allylic oxidation sites excluding steroid dienone is 1. The fourth-order valence-corrected chi connectivity index (χ4v) is 2.50. The number of carbonyl (C=O) groups excluding carboxylic acids is 1. The van der Waals surface area contributed by atoms with E-state index in [0.29, 0.717) is 17.8 Å². The van der Waals surface area contributed by atoms with E-state index in [2.05, 4.69) is 20.4 Å². The minimum absolute atomic E-state index is 0.265. The van der Waals surface area contributed by atoms with Crippen molar-refractivity contribution in [3.05, 3.63) is 23.8 Å². The van der Waals surface area contributed by atoms with Gasteiger partial charge < -0.3 is 9.84 Å². The van der Waals surface area contributed by atoms with Gasteiger partial charge in [0, 0.05) is 11.1 Å². The van der Waals surface area contributed by atoms with Gasteiger partial charge in [-0.3, -0.25) is 0 Å². The van der Waals surface area contributed by atoms with Crippen LogP contribution in [0.15, 0.2) is 23.8 Å². The fourth-order valence-electron chi connectivity index (χ4n) is 2.50. The van der Waals surface area contributed by atoms with Crippen LogP contribution in [0.1, 0.15) is 111 Å². The van der Waals surface area contributed by atoms with E-state index in [0.717, 1.165) is 25.7 Å². The van der Waals surface area contributed by atoms with Crippen molar-refractivity contribution < 1.29 is 19.4 Å². The number of unbranched alkanes of at least 4 members (excludes halogenated alkanes) is 11. The Morgan fingerprint density at radius 2 is 1.29 bits per heavy atom. The fraction of sp³-hybridized carbons (Fsp3) is 0.750. The van der Waals surface area contributed by atoms with E-state index in [-0.39, 0.29) is 5.97 Å². The van der Waals surface area contributed by atoms with Gasteiger partial charge in [0.15, 0.2) is 0 Å². The molecule has 0 fully saturated rings. The predicted molar refractivity (Wildman–Crippen MR) is 119 cm³/mol. The first-order valence-electron chi connectivity index (χ1n) is 11.1. The van der Waals surface area contributed by atoms with Crippen molar-refractivity contribution in [2.75, 3.05) is 6.61 Å². The molecule has 0 saturated carbocycles. The SMILES string of the molecule is C=C(C)C(=O)OCCCCCCCC.CCCCCCCCC=C(C)C(=O)O. The van der Waals surface area contributed by atoms with Gasteiger partial charge in [0.05, 0.1) is 6.61 Å². The summed E-state index contributed by atoms with van der Waals surface area (Å²) in [6, 6.07) is 0. The van der Waals surface area contributed by atoms with Gasteiger partial charge in [0.25, 0.3) is 0 Å². The van der Waals surface area contributed by atoms with Crippen molar-refractivity contribution in [2.45, 2.75) is 111 Å². The molecule has 0 bridgehead atoms. The van der Waals surface area contributed by atoms with Gasteiger partial charge >= 0.3 is 11.9 Å². The lowest BCUT2D eigenvalue weighted by Crippen LogP contribution is -2.05. The first-order valence-corrected chi connectivity index (χ1v) is 11.1. The van der Waals surface area contributed by atoms with E-state index in [1.165, 1.54) is 57.8 Å². The third-order valence-corrected chi connectivity index (χ3v) is 4.43. The van der Waals surface area contributed by atoms with E-state index < -0.39 is 5.97 Å². The molecule has 0 aliphatic carbocycles. The Balaban J connectivity index is 0. The molecule has 4 heteroatoms. The number of aliphatic carboxylic acids is 1. The number of carbonyl (C=O) groups is 2. The van der Waals surface area contributed by atoms with Crippen molar-refractivity contribution in [1.82, 2.24) is 0 Å². The molecule has 164 valence electrons. The van der Waals surface area contributed by atoms with Gasteiger partial charge in [-0.1, -0.05) is 90.7 Å². The molecule has 0 aliphatic rings. The molecule has 0 amide bonds. The van der Waals surface area contributed by atoms with Crippen molar-refractivity contribution >= 4 is 11.9 Å². The number of carboxylic acids is 1. The summed E-state index contributed by atoms with van der Waals surface area (Å²) in [6.45, 7) is 11.8. The second-order valence-electron chi connectivity index (χ2n) is 7.43. The standard InChI is InChI=1S/2C12H22O2/c1-4-5-6-7-8-9-10-14-12(13)11(2)3;1-3-4-5-6-7-8-9-10-11(2)12(13)14/h2,4-10H2,1,3H3;10H,3-9H2,1-2H3,(H,13,14). The smallest absolute Gasteiger partial charge is 0.333 e. The van der Waals surface area contributed by atoms with Crippen LogP contribution in [0.4, 0.5) is 0 Å². The van der Waals surface area contributed by atoms with Gasteiger partial charge in [-0.25, -0.2) is 9.59 Å². The minimum atomic E-state index is -0.795. The van der Waals surface area contributed by atoms with Gasteiger partial charge in [-0.2, -0.15) is 0 Å². The van der Waals surface area contributed by atoms with Crippen LogP contribution in [-0.2, 0) is 14.3 Å². The Labute approximate surface area is 173 Å². The first kappa shape index (κ1) is 28.6. The Kier molecular flexibility index (Phi) is 22.2. The van der Waals surface area contributed by atoms with E-state index in [9.17, 15) is 9.59 Å². The predicted octanol–water partition coefficient (Wildman–Crippen LogP) is 7.23. The molecule has 0 aromatic heterocycles.